The van der Waals surface area contributed by atoms with Crippen molar-refractivity contribution in [1.29, 1.82) is 0 Å². The summed E-state index contributed by atoms with van der Waals surface area (Å²) in [5.41, 5.74) is 4.16. The molecule has 4 aromatic carbocycles. The zero-order chi connectivity index (χ0) is 25.5. The lowest BCUT2D eigenvalue weighted by atomic mass is 9.92. The second-order valence-electron chi connectivity index (χ2n) is 9.37. The fourth-order valence-corrected chi connectivity index (χ4v) is 6.43. The van der Waals surface area contributed by atoms with Crippen LogP contribution in [-0.2, 0) is 0 Å². The molecule has 2 heterocycles. The third kappa shape index (κ3) is 4.22. The van der Waals surface area contributed by atoms with Crippen molar-refractivity contribution >= 4 is 43.1 Å². The zero-order valence-corrected chi connectivity index (χ0v) is 22.0. The maximum Gasteiger partial charge on any atom is 0.164 e. The molecule has 0 saturated carbocycles. The molecule has 0 aliphatic heterocycles. The SMILES string of the molecule is ClC1=CC(c2ccc(-c3nc(-c4ccccc4)nc(-c4cccc5sc6ccccc6c45)n3)cc2)CC=C1. The summed E-state index contributed by atoms with van der Waals surface area (Å²) in [6.45, 7) is 0. The number of allylic oxidation sites excluding steroid dienone is 4. The lowest BCUT2D eigenvalue weighted by molar-refractivity contribution is 0.851. The van der Waals surface area contributed by atoms with Crippen molar-refractivity contribution in [1.82, 2.24) is 15.0 Å². The first-order chi connectivity index (χ1) is 18.7. The molecule has 182 valence electrons. The van der Waals surface area contributed by atoms with Crippen LogP contribution in [0.5, 0.6) is 0 Å². The van der Waals surface area contributed by atoms with E-state index in [4.69, 9.17) is 26.6 Å². The molecular formula is C33H22ClN3S. The highest BCUT2D eigenvalue weighted by Crippen LogP contribution is 2.39. The molecule has 1 unspecified atom stereocenters. The summed E-state index contributed by atoms with van der Waals surface area (Å²) in [6.07, 6.45) is 7.14. The van der Waals surface area contributed by atoms with Crippen LogP contribution in [0.2, 0.25) is 0 Å². The fourth-order valence-electron chi connectivity index (χ4n) is 5.06. The van der Waals surface area contributed by atoms with Crippen molar-refractivity contribution in [2.75, 3.05) is 0 Å². The predicted molar refractivity (Wildman–Crippen MR) is 159 cm³/mol. The van der Waals surface area contributed by atoms with E-state index in [1.165, 1.54) is 25.7 Å². The highest BCUT2D eigenvalue weighted by Gasteiger charge is 2.17. The first-order valence-electron chi connectivity index (χ1n) is 12.6. The van der Waals surface area contributed by atoms with Crippen molar-refractivity contribution in [3.05, 3.63) is 126 Å². The van der Waals surface area contributed by atoms with Gasteiger partial charge in [0.1, 0.15) is 0 Å². The van der Waals surface area contributed by atoms with Crippen LogP contribution in [-0.4, -0.2) is 15.0 Å². The molecule has 1 aliphatic carbocycles. The van der Waals surface area contributed by atoms with E-state index in [0.717, 1.165) is 28.1 Å². The number of thiophene rings is 1. The highest BCUT2D eigenvalue weighted by atomic mass is 35.5. The van der Waals surface area contributed by atoms with Crippen LogP contribution in [0.25, 0.3) is 54.3 Å². The van der Waals surface area contributed by atoms with Gasteiger partial charge in [0.25, 0.3) is 0 Å². The average Bonchev–Trinajstić information content (AvgIpc) is 3.36. The molecule has 0 radical (unpaired) electrons. The van der Waals surface area contributed by atoms with Gasteiger partial charge < -0.3 is 0 Å². The summed E-state index contributed by atoms with van der Waals surface area (Å²) in [5.74, 6) is 2.28. The molecule has 0 spiro atoms. The summed E-state index contributed by atoms with van der Waals surface area (Å²) in [6, 6.07) is 33.5. The fraction of sp³-hybridized carbons (Fsp3) is 0.0606. The second kappa shape index (κ2) is 9.64. The topological polar surface area (TPSA) is 38.7 Å². The van der Waals surface area contributed by atoms with E-state index in [-0.39, 0.29) is 5.92 Å². The van der Waals surface area contributed by atoms with Gasteiger partial charge in [-0.1, -0.05) is 109 Å². The van der Waals surface area contributed by atoms with Crippen molar-refractivity contribution in [2.45, 2.75) is 12.3 Å². The van der Waals surface area contributed by atoms with Gasteiger partial charge in [-0.3, -0.25) is 0 Å². The standard InChI is InChI=1S/C33H22ClN3S/c34-25-11-6-10-24(20-25)21-16-18-23(19-17-21)32-35-31(22-8-2-1-3-9-22)36-33(37-32)27-13-7-15-29-30(27)26-12-4-5-14-28(26)38-29/h1-9,11-20,24H,10H2. The van der Waals surface area contributed by atoms with E-state index in [1.807, 2.05) is 36.4 Å². The van der Waals surface area contributed by atoms with Crippen molar-refractivity contribution in [3.63, 3.8) is 0 Å². The number of aromatic nitrogens is 3. The number of rotatable bonds is 4. The van der Waals surface area contributed by atoms with Crippen LogP contribution in [0.15, 0.2) is 120 Å². The molecular weight excluding hydrogens is 506 g/mol. The maximum absolute atomic E-state index is 6.26. The molecule has 5 heteroatoms. The molecule has 2 aromatic heterocycles. The summed E-state index contributed by atoms with van der Waals surface area (Å²) in [4.78, 5) is 14.9. The smallest absolute Gasteiger partial charge is 0.164 e. The Morgan fingerprint density at radius 3 is 2.13 bits per heavy atom. The molecule has 3 nitrogen and oxygen atoms in total. The van der Waals surface area contributed by atoms with Crippen LogP contribution in [0.4, 0.5) is 0 Å². The molecule has 1 atom stereocenters. The number of benzene rings is 4. The van der Waals surface area contributed by atoms with Gasteiger partial charge in [0.15, 0.2) is 17.5 Å². The van der Waals surface area contributed by atoms with Crippen LogP contribution < -0.4 is 0 Å². The van der Waals surface area contributed by atoms with E-state index < -0.39 is 0 Å². The Bertz CT molecular complexity index is 1850. The first-order valence-corrected chi connectivity index (χ1v) is 13.8. The Hall–Kier alpha value is -4.12. The molecule has 0 bridgehead atoms. The van der Waals surface area contributed by atoms with E-state index in [0.29, 0.717) is 17.5 Å². The van der Waals surface area contributed by atoms with Crippen molar-refractivity contribution in [2.24, 2.45) is 0 Å². The predicted octanol–water partition coefficient (Wildman–Crippen LogP) is 9.41. The lowest BCUT2D eigenvalue weighted by Crippen LogP contribution is -2.01. The molecule has 38 heavy (non-hydrogen) atoms. The van der Waals surface area contributed by atoms with Gasteiger partial charge in [0.05, 0.1) is 0 Å². The summed E-state index contributed by atoms with van der Waals surface area (Å²) in [5, 5.41) is 3.20. The molecule has 0 fully saturated rings. The molecule has 6 aromatic rings. The lowest BCUT2D eigenvalue weighted by Gasteiger charge is -2.15. The monoisotopic (exact) mass is 527 g/mol. The minimum absolute atomic E-state index is 0.278. The molecule has 0 saturated heterocycles. The summed E-state index contributed by atoms with van der Waals surface area (Å²) >= 11 is 8.05. The Kier molecular flexibility index (Phi) is 5.84. The molecule has 1 aliphatic rings. The molecule has 0 N–H and O–H groups in total. The van der Waals surface area contributed by atoms with E-state index in [2.05, 4.69) is 78.9 Å². The van der Waals surface area contributed by atoms with Crippen LogP contribution >= 0.6 is 22.9 Å². The van der Waals surface area contributed by atoms with E-state index >= 15 is 0 Å². The number of hydrogen-bond acceptors (Lipinski definition) is 4. The number of nitrogens with zero attached hydrogens (tertiary/aromatic N) is 3. The van der Waals surface area contributed by atoms with Gasteiger partial charge in [-0.05, 0) is 30.2 Å². The molecule has 0 amide bonds. The largest absolute Gasteiger partial charge is 0.208 e. The number of fused-ring (bicyclic) bond motifs is 3. The van der Waals surface area contributed by atoms with Gasteiger partial charge in [-0.2, -0.15) is 0 Å². The second-order valence-corrected chi connectivity index (χ2v) is 10.9. The average molecular weight is 528 g/mol. The summed E-state index contributed by atoms with van der Waals surface area (Å²) < 4.78 is 2.49. The van der Waals surface area contributed by atoms with E-state index in [1.54, 1.807) is 11.3 Å². The highest BCUT2D eigenvalue weighted by molar-refractivity contribution is 7.25. The Balaban J connectivity index is 1.39. The first kappa shape index (κ1) is 23.0. The Morgan fingerprint density at radius 1 is 0.658 bits per heavy atom. The summed E-state index contributed by atoms with van der Waals surface area (Å²) in [7, 11) is 0. The van der Waals surface area contributed by atoms with Gasteiger partial charge in [0, 0.05) is 47.8 Å². The van der Waals surface area contributed by atoms with Gasteiger partial charge in [-0.15, -0.1) is 11.3 Å². The zero-order valence-electron chi connectivity index (χ0n) is 20.4. The number of halogens is 1. The number of hydrogen-bond donors (Lipinski definition) is 0. The van der Waals surface area contributed by atoms with Crippen LogP contribution in [0.3, 0.4) is 0 Å². The minimum Gasteiger partial charge on any atom is -0.208 e. The quantitative estimate of drug-likeness (QED) is 0.229. The third-order valence-electron chi connectivity index (χ3n) is 6.94. The Labute approximate surface area is 229 Å². The normalized spacial score (nSPS) is 15.2. The molecule has 7 rings (SSSR count). The van der Waals surface area contributed by atoms with E-state index in [9.17, 15) is 0 Å². The maximum atomic E-state index is 6.26. The minimum atomic E-state index is 0.278. The van der Waals surface area contributed by atoms with Gasteiger partial charge >= 0.3 is 0 Å². The van der Waals surface area contributed by atoms with Gasteiger partial charge in [-0.25, -0.2) is 15.0 Å². The van der Waals surface area contributed by atoms with Gasteiger partial charge in [0.2, 0.25) is 0 Å². The van der Waals surface area contributed by atoms with Crippen LogP contribution in [0.1, 0.15) is 17.9 Å². The van der Waals surface area contributed by atoms with Crippen molar-refractivity contribution < 1.29 is 0 Å². The van der Waals surface area contributed by atoms with Crippen molar-refractivity contribution in [3.8, 4) is 34.2 Å². The Morgan fingerprint density at radius 2 is 1.34 bits per heavy atom. The van der Waals surface area contributed by atoms with Crippen LogP contribution in [0, 0.1) is 0 Å². The third-order valence-corrected chi connectivity index (χ3v) is 8.32.